The zero-order valence-electron chi connectivity index (χ0n) is 16.6. The molecule has 0 aliphatic carbocycles. The van der Waals surface area contributed by atoms with E-state index in [1.165, 1.54) is 4.40 Å². The monoisotopic (exact) mass is 409 g/mol. The van der Waals surface area contributed by atoms with E-state index in [1.54, 1.807) is 41.4 Å². The highest BCUT2D eigenvalue weighted by atomic mass is 16.2. The average molecular weight is 409 g/mol. The molecule has 1 amide bonds. The number of carbonyl (C=O) groups excluding carboxylic acids is 1. The third kappa shape index (κ3) is 3.57. The maximum absolute atomic E-state index is 13.1. The predicted octanol–water partition coefficient (Wildman–Crippen LogP) is 3.02. The van der Waals surface area contributed by atoms with E-state index in [9.17, 15) is 9.59 Å². The van der Waals surface area contributed by atoms with Crippen molar-refractivity contribution < 1.29 is 4.79 Å². The lowest BCUT2D eigenvalue weighted by Crippen LogP contribution is -2.25. The van der Waals surface area contributed by atoms with Crippen molar-refractivity contribution in [3.63, 3.8) is 0 Å². The number of hydrogen-bond donors (Lipinski definition) is 1. The number of hydrogen-bond acceptors (Lipinski definition) is 4. The van der Waals surface area contributed by atoms with Crippen LogP contribution in [0.15, 0.2) is 90.1 Å². The molecular weight excluding hydrogens is 390 g/mol. The molecule has 0 spiro atoms. The number of nitrogens with zero attached hydrogens (tertiary/aromatic N) is 4. The minimum Gasteiger partial charge on any atom is -0.347 e. The standard InChI is InChI=1S/C24H19N5O2/c30-23(26-15-18-9-6-11-25-14-18)20-13-19-22(29(20)16-17-7-2-1-3-8-17)27-21-10-4-5-12-28(21)24(19)31/h1-14H,15-16H2,(H,26,30). The quantitative estimate of drug-likeness (QED) is 0.484. The molecule has 152 valence electrons. The van der Waals surface area contributed by atoms with Crippen LogP contribution in [0.25, 0.3) is 16.7 Å². The zero-order valence-corrected chi connectivity index (χ0v) is 16.6. The number of pyridine rings is 2. The van der Waals surface area contributed by atoms with Crippen LogP contribution < -0.4 is 10.9 Å². The summed E-state index contributed by atoms with van der Waals surface area (Å²) in [4.78, 5) is 35.0. The minimum atomic E-state index is -0.272. The molecule has 7 nitrogen and oxygen atoms in total. The minimum absolute atomic E-state index is 0.200. The Morgan fingerprint density at radius 1 is 0.968 bits per heavy atom. The van der Waals surface area contributed by atoms with E-state index >= 15 is 0 Å². The number of rotatable bonds is 5. The molecule has 31 heavy (non-hydrogen) atoms. The Morgan fingerprint density at radius 3 is 2.58 bits per heavy atom. The van der Waals surface area contributed by atoms with Gasteiger partial charge in [-0.05, 0) is 35.4 Å². The van der Waals surface area contributed by atoms with E-state index < -0.39 is 0 Å². The van der Waals surface area contributed by atoms with Crippen LogP contribution in [-0.4, -0.2) is 24.8 Å². The summed E-state index contributed by atoms with van der Waals surface area (Å²) in [5, 5.41) is 3.34. The van der Waals surface area contributed by atoms with Gasteiger partial charge in [0.1, 0.15) is 17.0 Å². The van der Waals surface area contributed by atoms with Crippen molar-refractivity contribution in [2.24, 2.45) is 0 Å². The van der Waals surface area contributed by atoms with Crippen molar-refractivity contribution in [3.8, 4) is 0 Å². The molecule has 0 radical (unpaired) electrons. The van der Waals surface area contributed by atoms with E-state index in [1.807, 2.05) is 48.5 Å². The van der Waals surface area contributed by atoms with Crippen LogP contribution in [0.2, 0.25) is 0 Å². The van der Waals surface area contributed by atoms with Gasteiger partial charge in [0, 0.05) is 31.7 Å². The lowest BCUT2D eigenvalue weighted by Gasteiger charge is -2.11. The molecule has 4 aromatic heterocycles. The van der Waals surface area contributed by atoms with E-state index in [0.717, 1.165) is 11.1 Å². The van der Waals surface area contributed by atoms with Gasteiger partial charge in [-0.1, -0.05) is 42.5 Å². The van der Waals surface area contributed by atoms with E-state index in [4.69, 9.17) is 4.98 Å². The third-order valence-corrected chi connectivity index (χ3v) is 5.17. The second-order valence-electron chi connectivity index (χ2n) is 7.23. The van der Waals surface area contributed by atoms with Crippen LogP contribution in [0.4, 0.5) is 0 Å². The first kappa shape index (κ1) is 18.7. The highest BCUT2D eigenvalue weighted by Gasteiger charge is 2.20. The fourth-order valence-electron chi connectivity index (χ4n) is 3.64. The molecule has 0 unspecified atom stereocenters. The van der Waals surface area contributed by atoms with E-state index in [-0.39, 0.29) is 11.5 Å². The maximum atomic E-state index is 13.1. The number of benzene rings is 1. The van der Waals surface area contributed by atoms with E-state index in [2.05, 4.69) is 10.3 Å². The highest BCUT2D eigenvalue weighted by molar-refractivity contribution is 5.98. The molecule has 0 aliphatic heterocycles. The molecule has 0 atom stereocenters. The lowest BCUT2D eigenvalue weighted by molar-refractivity contribution is 0.0942. The molecule has 0 aliphatic rings. The first-order chi connectivity index (χ1) is 15.2. The molecule has 5 aromatic rings. The van der Waals surface area contributed by atoms with Crippen LogP contribution in [0.5, 0.6) is 0 Å². The summed E-state index contributed by atoms with van der Waals surface area (Å²) in [6.45, 7) is 0.767. The van der Waals surface area contributed by atoms with Crippen molar-refractivity contribution in [3.05, 3.63) is 112 Å². The fraction of sp³-hybridized carbons (Fsp3) is 0.0833. The Bertz CT molecular complexity index is 1440. The average Bonchev–Trinajstić information content (AvgIpc) is 3.17. The number of carbonyl (C=O) groups is 1. The summed E-state index contributed by atoms with van der Waals surface area (Å²) in [6.07, 6.45) is 5.08. The van der Waals surface area contributed by atoms with Gasteiger partial charge in [-0.2, -0.15) is 0 Å². The Hall–Kier alpha value is -4.26. The second kappa shape index (κ2) is 7.87. The molecule has 7 heteroatoms. The van der Waals surface area contributed by atoms with Crippen LogP contribution >= 0.6 is 0 Å². The van der Waals surface area contributed by atoms with Crippen molar-refractivity contribution in [2.45, 2.75) is 13.1 Å². The maximum Gasteiger partial charge on any atom is 0.268 e. The van der Waals surface area contributed by atoms with Gasteiger partial charge in [0.25, 0.3) is 11.5 Å². The van der Waals surface area contributed by atoms with Crippen LogP contribution in [0, 0.1) is 0 Å². The smallest absolute Gasteiger partial charge is 0.268 e. The molecule has 0 bridgehead atoms. The van der Waals surface area contributed by atoms with Gasteiger partial charge in [0.05, 0.1) is 5.39 Å². The molecule has 0 fully saturated rings. The van der Waals surface area contributed by atoms with Gasteiger partial charge in [0.15, 0.2) is 0 Å². The summed E-state index contributed by atoms with van der Waals surface area (Å²) >= 11 is 0. The Balaban J connectivity index is 1.62. The molecular formula is C24H19N5O2. The summed E-state index contributed by atoms with van der Waals surface area (Å²) in [5.74, 6) is -0.272. The van der Waals surface area contributed by atoms with Crippen molar-refractivity contribution >= 4 is 22.6 Å². The van der Waals surface area contributed by atoms with Gasteiger partial charge in [-0.25, -0.2) is 4.98 Å². The molecule has 5 rings (SSSR count). The first-order valence-corrected chi connectivity index (χ1v) is 9.92. The summed E-state index contributed by atoms with van der Waals surface area (Å²) in [6, 6.07) is 20.5. The normalized spacial score (nSPS) is 11.1. The predicted molar refractivity (Wildman–Crippen MR) is 118 cm³/mol. The fourth-order valence-corrected chi connectivity index (χ4v) is 3.64. The second-order valence-corrected chi connectivity index (χ2v) is 7.23. The van der Waals surface area contributed by atoms with Crippen LogP contribution in [0.1, 0.15) is 21.6 Å². The summed E-state index contributed by atoms with van der Waals surface area (Å²) in [7, 11) is 0. The summed E-state index contributed by atoms with van der Waals surface area (Å²) in [5.41, 5.74) is 3.13. The number of aromatic nitrogens is 4. The Kier molecular flexibility index (Phi) is 4.76. The largest absolute Gasteiger partial charge is 0.347 e. The highest BCUT2D eigenvalue weighted by Crippen LogP contribution is 2.19. The van der Waals surface area contributed by atoms with Crippen molar-refractivity contribution in [1.29, 1.82) is 0 Å². The SMILES string of the molecule is O=C(NCc1cccnc1)c1cc2c(=O)n3ccccc3nc2n1Cc1ccccc1. The van der Waals surface area contributed by atoms with Crippen LogP contribution in [-0.2, 0) is 13.1 Å². The van der Waals surface area contributed by atoms with Crippen molar-refractivity contribution in [2.75, 3.05) is 0 Å². The van der Waals surface area contributed by atoms with Gasteiger partial charge in [0.2, 0.25) is 0 Å². The summed E-state index contributed by atoms with van der Waals surface area (Å²) < 4.78 is 3.30. The van der Waals surface area contributed by atoms with Gasteiger partial charge >= 0.3 is 0 Å². The number of amides is 1. The molecule has 4 heterocycles. The van der Waals surface area contributed by atoms with Crippen molar-refractivity contribution in [1.82, 2.24) is 24.3 Å². The van der Waals surface area contributed by atoms with Crippen LogP contribution in [0.3, 0.4) is 0 Å². The molecule has 0 saturated carbocycles. The van der Waals surface area contributed by atoms with Gasteiger partial charge < -0.3 is 9.88 Å². The third-order valence-electron chi connectivity index (χ3n) is 5.17. The van der Waals surface area contributed by atoms with Gasteiger partial charge in [-0.3, -0.25) is 19.0 Å². The number of fused-ring (bicyclic) bond motifs is 2. The Morgan fingerprint density at radius 2 is 1.77 bits per heavy atom. The van der Waals surface area contributed by atoms with Gasteiger partial charge in [-0.15, -0.1) is 0 Å². The lowest BCUT2D eigenvalue weighted by atomic mass is 10.2. The Labute approximate surface area is 177 Å². The first-order valence-electron chi connectivity index (χ1n) is 9.92. The molecule has 1 N–H and O–H groups in total. The van der Waals surface area contributed by atoms with E-state index in [0.29, 0.717) is 35.5 Å². The number of nitrogens with one attached hydrogen (secondary N) is 1. The molecule has 0 saturated heterocycles. The topological polar surface area (TPSA) is 81.3 Å². The molecule has 1 aromatic carbocycles. The zero-order chi connectivity index (χ0) is 21.2.